The Morgan fingerprint density at radius 2 is 1.74 bits per heavy atom. The molecular formula is C22H27N3O2. The fourth-order valence-electron chi connectivity index (χ4n) is 3.28. The van der Waals surface area contributed by atoms with E-state index in [1.54, 1.807) is 18.2 Å². The smallest absolute Gasteiger partial charge is 0.272 e. The first kappa shape index (κ1) is 19.1. The largest absolute Gasteiger partial charge is 0.351 e. The van der Waals surface area contributed by atoms with Gasteiger partial charge in [-0.05, 0) is 49.3 Å². The Bertz CT molecular complexity index is 768. The maximum atomic E-state index is 12.6. The van der Waals surface area contributed by atoms with Crippen molar-refractivity contribution in [2.24, 2.45) is 5.92 Å². The molecule has 1 aliphatic heterocycles. The monoisotopic (exact) mass is 365 g/mol. The van der Waals surface area contributed by atoms with Crippen molar-refractivity contribution in [3.63, 3.8) is 0 Å². The number of piperidine rings is 1. The van der Waals surface area contributed by atoms with E-state index in [2.05, 4.69) is 29.4 Å². The molecule has 1 aromatic heterocycles. The highest BCUT2D eigenvalue weighted by molar-refractivity contribution is 5.96. The SMILES string of the molecule is CC1CCN(C(=O)c2cccc(C(=O)NCCCc3ccccc3)n2)CC1. The molecule has 2 aromatic rings. The normalized spacial score (nSPS) is 14.8. The van der Waals surface area contributed by atoms with Gasteiger partial charge in [0.15, 0.2) is 0 Å². The summed E-state index contributed by atoms with van der Waals surface area (Å²) < 4.78 is 0. The fraction of sp³-hybridized carbons (Fsp3) is 0.409. The second-order valence-corrected chi connectivity index (χ2v) is 7.23. The number of likely N-dealkylation sites (tertiary alicyclic amines) is 1. The van der Waals surface area contributed by atoms with Gasteiger partial charge in [-0.3, -0.25) is 9.59 Å². The van der Waals surface area contributed by atoms with E-state index in [0.717, 1.165) is 38.8 Å². The van der Waals surface area contributed by atoms with Crippen LogP contribution in [0.5, 0.6) is 0 Å². The average molecular weight is 365 g/mol. The lowest BCUT2D eigenvalue weighted by Gasteiger charge is -2.30. The first-order chi connectivity index (χ1) is 13.1. The second-order valence-electron chi connectivity index (χ2n) is 7.23. The number of aromatic nitrogens is 1. The maximum absolute atomic E-state index is 12.6. The lowest BCUT2D eigenvalue weighted by molar-refractivity contribution is 0.0691. The van der Waals surface area contributed by atoms with Crippen LogP contribution in [0.2, 0.25) is 0 Å². The highest BCUT2D eigenvalue weighted by Gasteiger charge is 2.22. The summed E-state index contributed by atoms with van der Waals surface area (Å²) in [4.78, 5) is 31.1. The van der Waals surface area contributed by atoms with Crippen LogP contribution in [0.3, 0.4) is 0 Å². The third-order valence-electron chi connectivity index (χ3n) is 5.04. The number of carbonyl (C=O) groups is 2. The van der Waals surface area contributed by atoms with E-state index in [0.29, 0.717) is 23.9 Å². The molecule has 1 aromatic carbocycles. The molecule has 5 nitrogen and oxygen atoms in total. The molecule has 0 unspecified atom stereocenters. The van der Waals surface area contributed by atoms with Gasteiger partial charge in [0.25, 0.3) is 11.8 Å². The number of nitrogens with one attached hydrogen (secondary N) is 1. The van der Waals surface area contributed by atoms with Crippen LogP contribution in [-0.2, 0) is 6.42 Å². The lowest BCUT2D eigenvalue weighted by Crippen LogP contribution is -2.38. The predicted molar refractivity (Wildman–Crippen MR) is 106 cm³/mol. The molecule has 27 heavy (non-hydrogen) atoms. The predicted octanol–water partition coefficient (Wildman–Crippen LogP) is 3.32. The molecule has 2 amide bonds. The highest BCUT2D eigenvalue weighted by Crippen LogP contribution is 2.17. The molecule has 1 fully saturated rings. The van der Waals surface area contributed by atoms with E-state index in [1.807, 2.05) is 23.1 Å². The van der Waals surface area contributed by atoms with Gasteiger partial charge in [0, 0.05) is 19.6 Å². The van der Waals surface area contributed by atoms with Crippen LogP contribution in [-0.4, -0.2) is 41.3 Å². The van der Waals surface area contributed by atoms with Crippen LogP contribution in [0.4, 0.5) is 0 Å². The van der Waals surface area contributed by atoms with Gasteiger partial charge in [-0.25, -0.2) is 4.98 Å². The lowest BCUT2D eigenvalue weighted by atomic mass is 9.99. The van der Waals surface area contributed by atoms with Crippen molar-refractivity contribution in [2.45, 2.75) is 32.6 Å². The van der Waals surface area contributed by atoms with Gasteiger partial charge in [-0.1, -0.05) is 43.3 Å². The molecule has 1 saturated heterocycles. The Balaban J connectivity index is 1.51. The zero-order valence-corrected chi connectivity index (χ0v) is 15.9. The summed E-state index contributed by atoms with van der Waals surface area (Å²) in [5.41, 5.74) is 1.90. The molecule has 0 atom stereocenters. The van der Waals surface area contributed by atoms with Crippen LogP contribution in [0.15, 0.2) is 48.5 Å². The number of pyridine rings is 1. The average Bonchev–Trinajstić information content (AvgIpc) is 2.72. The molecule has 1 N–H and O–H groups in total. The molecule has 142 valence electrons. The molecule has 1 aliphatic rings. The quantitative estimate of drug-likeness (QED) is 0.799. The number of nitrogens with zero attached hydrogens (tertiary/aromatic N) is 2. The number of aryl methyl sites for hydroxylation is 1. The van der Waals surface area contributed by atoms with E-state index < -0.39 is 0 Å². The third-order valence-corrected chi connectivity index (χ3v) is 5.04. The van der Waals surface area contributed by atoms with Crippen LogP contribution < -0.4 is 5.32 Å². The van der Waals surface area contributed by atoms with Crippen molar-refractivity contribution in [3.8, 4) is 0 Å². The highest BCUT2D eigenvalue weighted by atomic mass is 16.2. The van der Waals surface area contributed by atoms with Gasteiger partial charge >= 0.3 is 0 Å². The summed E-state index contributed by atoms with van der Waals surface area (Å²) in [6.07, 6.45) is 3.82. The maximum Gasteiger partial charge on any atom is 0.272 e. The fourth-order valence-corrected chi connectivity index (χ4v) is 3.28. The molecule has 2 heterocycles. The molecule has 0 radical (unpaired) electrons. The topological polar surface area (TPSA) is 62.3 Å². The molecule has 0 bridgehead atoms. The summed E-state index contributed by atoms with van der Waals surface area (Å²) in [7, 11) is 0. The first-order valence-corrected chi connectivity index (χ1v) is 9.72. The Morgan fingerprint density at radius 3 is 2.48 bits per heavy atom. The molecule has 0 spiro atoms. The Kier molecular flexibility index (Phi) is 6.58. The van der Waals surface area contributed by atoms with Crippen LogP contribution in [0, 0.1) is 5.92 Å². The Labute approximate surface area is 160 Å². The standard InChI is InChI=1S/C22H27N3O2/c1-17-12-15-25(16-13-17)22(27)20-11-5-10-19(24-20)21(26)23-14-6-9-18-7-3-2-4-8-18/h2-5,7-8,10-11,17H,6,9,12-16H2,1H3,(H,23,26). The minimum atomic E-state index is -0.232. The number of benzene rings is 1. The molecule has 5 heteroatoms. The van der Waals surface area contributed by atoms with Gasteiger partial charge in [0.05, 0.1) is 0 Å². The van der Waals surface area contributed by atoms with Gasteiger partial charge in [0.1, 0.15) is 11.4 Å². The second kappa shape index (κ2) is 9.31. The van der Waals surface area contributed by atoms with Crippen LogP contribution in [0.25, 0.3) is 0 Å². The number of amides is 2. The van der Waals surface area contributed by atoms with Crippen molar-refractivity contribution in [1.82, 2.24) is 15.2 Å². The molecule has 3 rings (SSSR count). The molecular weight excluding hydrogens is 338 g/mol. The van der Waals surface area contributed by atoms with Crippen molar-refractivity contribution < 1.29 is 9.59 Å². The van der Waals surface area contributed by atoms with Crippen molar-refractivity contribution >= 4 is 11.8 Å². The first-order valence-electron chi connectivity index (χ1n) is 9.72. The molecule has 0 saturated carbocycles. The van der Waals surface area contributed by atoms with Gasteiger partial charge in [-0.15, -0.1) is 0 Å². The summed E-state index contributed by atoms with van der Waals surface area (Å²) in [6, 6.07) is 15.3. The van der Waals surface area contributed by atoms with Crippen LogP contribution >= 0.6 is 0 Å². The third kappa shape index (κ3) is 5.39. The zero-order chi connectivity index (χ0) is 19.1. The van der Waals surface area contributed by atoms with Gasteiger partial charge in [0.2, 0.25) is 0 Å². The molecule has 0 aliphatic carbocycles. The Hall–Kier alpha value is -2.69. The van der Waals surface area contributed by atoms with Gasteiger partial charge < -0.3 is 10.2 Å². The minimum Gasteiger partial charge on any atom is -0.351 e. The Morgan fingerprint density at radius 1 is 1.04 bits per heavy atom. The van der Waals surface area contributed by atoms with Crippen molar-refractivity contribution in [2.75, 3.05) is 19.6 Å². The minimum absolute atomic E-state index is 0.0828. The number of hydrogen-bond donors (Lipinski definition) is 1. The summed E-state index contributed by atoms with van der Waals surface area (Å²) >= 11 is 0. The van der Waals surface area contributed by atoms with E-state index >= 15 is 0 Å². The number of hydrogen-bond acceptors (Lipinski definition) is 3. The summed E-state index contributed by atoms with van der Waals surface area (Å²) in [6.45, 7) is 4.32. The number of carbonyl (C=O) groups excluding carboxylic acids is 2. The summed E-state index contributed by atoms with van der Waals surface area (Å²) in [5.74, 6) is 0.348. The van der Waals surface area contributed by atoms with E-state index in [1.165, 1.54) is 5.56 Å². The van der Waals surface area contributed by atoms with E-state index in [4.69, 9.17) is 0 Å². The van der Waals surface area contributed by atoms with Crippen molar-refractivity contribution in [3.05, 3.63) is 65.5 Å². The van der Waals surface area contributed by atoms with E-state index in [9.17, 15) is 9.59 Å². The zero-order valence-electron chi connectivity index (χ0n) is 15.9. The van der Waals surface area contributed by atoms with Crippen molar-refractivity contribution in [1.29, 1.82) is 0 Å². The van der Waals surface area contributed by atoms with E-state index in [-0.39, 0.29) is 11.8 Å². The summed E-state index contributed by atoms with van der Waals surface area (Å²) in [5, 5.41) is 2.89. The van der Waals surface area contributed by atoms with Gasteiger partial charge in [-0.2, -0.15) is 0 Å². The number of rotatable bonds is 6. The van der Waals surface area contributed by atoms with Crippen LogP contribution in [0.1, 0.15) is 52.7 Å².